The van der Waals surface area contributed by atoms with Gasteiger partial charge in [0.2, 0.25) is 0 Å². The van der Waals surface area contributed by atoms with Crippen molar-refractivity contribution < 1.29 is 9.13 Å². The number of methoxy groups -OCH3 is 1. The molecule has 28 heavy (non-hydrogen) atoms. The fraction of sp³-hybridized carbons (Fsp3) is 0.615. The molecule has 0 heterocycles. The van der Waals surface area contributed by atoms with Crippen LogP contribution in [0.5, 0.6) is 0 Å². The molecule has 0 aliphatic heterocycles. The lowest BCUT2D eigenvalue weighted by Gasteiger charge is -2.34. The summed E-state index contributed by atoms with van der Waals surface area (Å²) in [6.07, 6.45) is 12.8. The molecule has 1 nitrogen and oxygen atoms in total. The van der Waals surface area contributed by atoms with Crippen LogP contribution in [0.2, 0.25) is 0 Å². The highest BCUT2D eigenvalue weighted by Crippen LogP contribution is 2.42. The van der Waals surface area contributed by atoms with Crippen molar-refractivity contribution in [2.45, 2.75) is 85.2 Å². The van der Waals surface area contributed by atoms with Crippen LogP contribution in [0.1, 0.15) is 79.6 Å². The van der Waals surface area contributed by atoms with Gasteiger partial charge in [-0.15, -0.1) is 0 Å². The number of alkyl halides is 1. The van der Waals surface area contributed by atoms with Gasteiger partial charge in [0, 0.05) is 0 Å². The summed E-state index contributed by atoms with van der Waals surface area (Å²) in [5.41, 5.74) is 5.23. The van der Waals surface area contributed by atoms with Crippen molar-refractivity contribution in [2.24, 2.45) is 11.8 Å². The summed E-state index contributed by atoms with van der Waals surface area (Å²) in [7, 11) is 1.72. The Balaban J connectivity index is 2.32. The molecule has 0 amide bonds. The van der Waals surface area contributed by atoms with E-state index in [-0.39, 0.29) is 5.92 Å². The van der Waals surface area contributed by atoms with Crippen LogP contribution in [0.25, 0.3) is 0 Å². The summed E-state index contributed by atoms with van der Waals surface area (Å²) in [5.74, 6) is 1.56. The van der Waals surface area contributed by atoms with Gasteiger partial charge in [0.05, 0.1) is 12.9 Å². The fourth-order valence-electron chi connectivity index (χ4n) is 4.87. The molecular formula is C26H39FO. The maximum Gasteiger partial charge on any atom is 0.111 e. The van der Waals surface area contributed by atoms with Gasteiger partial charge in [-0.2, -0.15) is 0 Å². The van der Waals surface area contributed by atoms with Crippen molar-refractivity contribution in [2.75, 3.05) is 7.11 Å². The van der Waals surface area contributed by atoms with Gasteiger partial charge in [-0.05, 0) is 80.6 Å². The first-order valence-electron chi connectivity index (χ1n) is 10.9. The average Bonchev–Trinajstić information content (AvgIpc) is 2.64. The standard InChI is InChI=1S/C26H39FO/c1-8-23(25(18(2)3)21(6)28-7)16-24-15-22(14-19(4)20(24)5)17-26(27)12-10-9-11-13-26/h8,14,16,18,22H,1,9-13,15,17H2,2-7H3/b23-16+,25-21+. The molecule has 1 atom stereocenters. The van der Waals surface area contributed by atoms with Crippen molar-refractivity contribution in [3.63, 3.8) is 0 Å². The molecule has 2 aliphatic rings. The molecular weight excluding hydrogens is 347 g/mol. The van der Waals surface area contributed by atoms with Gasteiger partial charge < -0.3 is 4.74 Å². The molecule has 2 rings (SSSR count). The lowest BCUT2D eigenvalue weighted by Crippen LogP contribution is -2.29. The van der Waals surface area contributed by atoms with Gasteiger partial charge in [-0.25, -0.2) is 4.39 Å². The largest absolute Gasteiger partial charge is 0.501 e. The highest BCUT2D eigenvalue weighted by atomic mass is 19.1. The van der Waals surface area contributed by atoms with Crippen LogP contribution in [0, 0.1) is 11.8 Å². The molecule has 0 aromatic carbocycles. The molecule has 0 aromatic rings. The number of hydrogen-bond donors (Lipinski definition) is 0. The topological polar surface area (TPSA) is 9.23 Å². The summed E-state index contributed by atoms with van der Waals surface area (Å²) < 4.78 is 20.9. The van der Waals surface area contributed by atoms with E-state index in [4.69, 9.17) is 4.74 Å². The van der Waals surface area contributed by atoms with E-state index in [1.807, 2.05) is 13.0 Å². The minimum absolute atomic E-state index is 0.277. The van der Waals surface area contributed by atoms with Crippen LogP contribution in [-0.2, 0) is 4.74 Å². The zero-order valence-corrected chi connectivity index (χ0v) is 18.8. The quantitative estimate of drug-likeness (QED) is 0.318. The van der Waals surface area contributed by atoms with E-state index in [1.165, 1.54) is 28.7 Å². The van der Waals surface area contributed by atoms with Crippen molar-refractivity contribution >= 4 is 0 Å². The lowest BCUT2D eigenvalue weighted by atomic mass is 9.75. The Hall–Kier alpha value is -1.57. The van der Waals surface area contributed by atoms with Crippen molar-refractivity contribution in [1.29, 1.82) is 0 Å². The van der Waals surface area contributed by atoms with Crippen molar-refractivity contribution in [1.82, 2.24) is 0 Å². The number of hydrogen-bond acceptors (Lipinski definition) is 1. The SMILES string of the molecule is C=CC(=C\C1=C(C)C(C)=CC(CC2(F)CCCCC2)C1)/C(=C(\C)OC)C(C)C. The van der Waals surface area contributed by atoms with E-state index in [9.17, 15) is 0 Å². The molecule has 1 saturated carbocycles. The maximum atomic E-state index is 15.3. The van der Waals surface area contributed by atoms with Gasteiger partial charge in [-0.1, -0.05) is 63.5 Å². The molecule has 1 unspecified atom stereocenters. The molecule has 1 fully saturated rings. The minimum Gasteiger partial charge on any atom is -0.501 e. The van der Waals surface area contributed by atoms with Crippen LogP contribution in [0.4, 0.5) is 4.39 Å². The van der Waals surface area contributed by atoms with Crippen LogP contribution >= 0.6 is 0 Å². The Kier molecular flexibility index (Phi) is 7.92. The minimum atomic E-state index is -0.976. The van der Waals surface area contributed by atoms with E-state index in [2.05, 4.69) is 46.4 Å². The number of allylic oxidation sites excluding steroid dienone is 9. The third kappa shape index (κ3) is 5.49. The van der Waals surface area contributed by atoms with Crippen LogP contribution in [0.3, 0.4) is 0 Å². The maximum absolute atomic E-state index is 15.3. The molecule has 0 radical (unpaired) electrons. The fourth-order valence-corrected chi connectivity index (χ4v) is 4.87. The second kappa shape index (κ2) is 9.76. The number of ether oxygens (including phenoxy) is 1. The molecule has 0 aromatic heterocycles. The summed E-state index contributed by atoms with van der Waals surface area (Å²) >= 11 is 0. The highest BCUT2D eigenvalue weighted by molar-refractivity contribution is 5.50. The normalized spacial score (nSPS) is 24.1. The average molecular weight is 387 g/mol. The van der Waals surface area contributed by atoms with Gasteiger partial charge in [-0.3, -0.25) is 0 Å². The number of halogens is 1. The van der Waals surface area contributed by atoms with Crippen LogP contribution < -0.4 is 0 Å². The number of rotatable bonds is 7. The van der Waals surface area contributed by atoms with E-state index in [1.54, 1.807) is 7.11 Å². The van der Waals surface area contributed by atoms with Crippen LogP contribution in [0.15, 0.2) is 58.4 Å². The first-order chi connectivity index (χ1) is 13.2. The Labute approximate surface area is 172 Å². The molecule has 2 heteroatoms. The summed E-state index contributed by atoms with van der Waals surface area (Å²) in [6.45, 7) is 14.8. The predicted molar refractivity (Wildman–Crippen MR) is 119 cm³/mol. The Morgan fingerprint density at radius 2 is 1.93 bits per heavy atom. The Bertz CT molecular complexity index is 696. The second-order valence-corrected chi connectivity index (χ2v) is 9.01. The van der Waals surface area contributed by atoms with Gasteiger partial charge in [0.1, 0.15) is 5.67 Å². The molecule has 0 N–H and O–H groups in total. The van der Waals surface area contributed by atoms with Gasteiger partial charge in [0.15, 0.2) is 0 Å². The first-order valence-corrected chi connectivity index (χ1v) is 10.9. The zero-order valence-electron chi connectivity index (χ0n) is 18.8. The van der Waals surface area contributed by atoms with E-state index < -0.39 is 5.67 Å². The smallest absolute Gasteiger partial charge is 0.111 e. The summed E-state index contributed by atoms with van der Waals surface area (Å²) in [4.78, 5) is 0. The molecule has 2 aliphatic carbocycles. The van der Waals surface area contributed by atoms with E-state index in [0.29, 0.717) is 12.3 Å². The highest BCUT2D eigenvalue weighted by Gasteiger charge is 2.34. The van der Waals surface area contributed by atoms with E-state index in [0.717, 1.165) is 43.4 Å². The molecule has 156 valence electrons. The Morgan fingerprint density at radius 1 is 1.29 bits per heavy atom. The Morgan fingerprint density at radius 3 is 2.46 bits per heavy atom. The van der Waals surface area contributed by atoms with Crippen LogP contribution in [-0.4, -0.2) is 12.8 Å². The third-order valence-corrected chi connectivity index (χ3v) is 6.54. The lowest BCUT2D eigenvalue weighted by molar-refractivity contribution is 0.0826. The van der Waals surface area contributed by atoms with Crippen molar-refractivity contribution in [3.05, 3.63) is 58.4 Å². The zero-order chi connectivity index (χ0) is 20.9. The predicted octanol–water partition coefficient (Wildman–Crippen LogP) is 8.02. The van der Waals surface area contributed by atoms with Gasteiger partial charge in [0.25, 0.3) is 0 Å². The third-order valence-electron chi connectivity index (χ3n) is 6.54. The summed E-state index contributed by atoms with van der Waals surface area (Å²) in [6, 6.07) is 0. The van der Waals surface area contributed by atoms with E-state index >= 15 is 4.39 Å². The monoisotopic (exact) mass is 386 g/mol. The van der Waals surface area contributed by atoms with Crippen molar-refractivity contribution in [3.8, 4) is 0 Å². The molecule has 0 spiro atoms. The molecule has 0 saturated heterocycles. The summed E-state index contributed by atoms with van der Waals surface area (Å²) in [5, 5.41) is 0. The van der Waals surface area contributed by atoms with Gasteiger partial charge >= 0.3 is 0 Å². The second-order valence-electron chi connectivity index (χ2n) is 9.01. The molecule has 0 bridgehead atoms. The first kappa shape index (κ1) is 22.7.